The number of benzene rings is 2. The van der Waals surface area contributed by atoms with Gasteiger partial charge in [0.15, 0.2) is 5.11 Å². The van der Waals surface area contributed by atoms with Crippen LogP contribution in [-0.2, 0) is 9.59 Å². The van der Waals surface area contributed by atoms with Crippen LogP contribution in [0, 0.1) is 27.7 Å². The lowest BCUT2D eigenvalue weighted by Crippen LogP contribution is -2.54. The van der Waals surface area contributed by atoms with E-state index >= 15 is 0 Å². The van der Waals surface area contributed by atoms with Gasteiger partial charge in [0.25, 0.3) is 11.8 Å². The Hall–Kier alpha value is -3.51. The molecule has 2 heterocycles. The van der Waals surface area contributed by atoms with Crippen molar-refractivity contribution >= 4 is 40.9 Å². The molecule has 0 unspecified atom stereocenters. The molecular weight excluding hydrogens is 406 g/mol. The van der Waals surface area contributed by atoms with Crippen LogP contribution in [0.1, 0.15) is 28.1 Å². The summed E-state index contributed by atoms with van der Waals surface area (Å²) in [5, 5.41) is 2.75. The fourth-order valence-corrected chi connectivity index (χ4v) is 4.14. The average Bonchev–Trinajstić information content (AvgIpc) is 3.00. The first-order valence-electron chi connectivity index (χ1n) is 10.0. The van der Waals surface area contributed by atoms with Crippen molar-refractivity contribution < 1.29 is 9.59 Å². The predicted octanol–water partition coefficient (Wildman–Crippen LogP) is 4.54. The smallest absolute Gasteiger partial charge is 0.270 e. The van der Waals surface area contributed by atoms with E-state index in [0.29, 0.717) is 5.69 Å². The van der Waals surface area contributed by atoms with Gasteiger partial charge < -0.3 is 4.57 Å². The largest absolute Gasteiger partial charge is 0.318 e. The summed E-state index contributed by atoms with van der Waals surface area (Å²) in [6.45, 7) is 7.94. The van der Waals surface area contributed by atoms with Gasteiger partial charge in [-0.25, -0.2) is 0 Å². The van der Waals surface area contributed by atoms with E-state index in [9.17, 15) is 9.59 Å². The Labute approximate surface area is 187 Å². The molecule has 0 radical (unpaired) electrons. The number of hydrogen-bond donors (Lipinski definition) is 1. The Bertz CT molecular complexity index is 1250. The van der Waals surface area contributed by atoms with E-state index in [1.54, 1.807) is 6.08 Å². The van der Waals surface area contributed by atoms with Crippen LogP contribution in [0.3, 0.4) is 0 Å². The maximum atomic E-state index is 13.3. The Morgan fingerprint density at radius 1 is 0.935 bits per heavy atom. The first-order valence-corrected chi connectivity index (χ1v) is 10.4. The first kappa shape index (κ1) is 20.8. The molecule has 4 rings (SSSR count). The first-order chi connectivity index (χ1) is 14.8. The van der Waals surface area contributed by atoms with Gasteiger partial charge in [-0.3, -0.25) is 19.8 Å². The Morgan fingerprint density at radius 3 is 2.29 bits per heavy atom. The summed E-state index contributed by atoms with van der Waals surface area (Å²) >= 11 is 5.31. The molecular formula is C25H23N3O2S. The fraction of sp³-hybridized carbons (Fsp3) is 0.160. The molecule has 31 heavy (non-hydrogen) atoms. The highest BCUT2D eigenvalue weighted by Gasteiger charge is 2.35. The molecule has 0 atom stereocenters. The molecule has 3 aromatic rings. The summed E-state index contributed by atoms with van der Waals surface area (Å²) in [5.41, 5.74) is 6.61. The minimum Gasteiger partial charge on any atom is -0.318 e. The van der Waals surface area contributed by atoms with Crippen molar-refractivity contribution in [1.82, 2.24) is 9.88 Å². The summed E-state index contributed by atoms with van der Waals surface area (Å²) < 4.78 is 2.11. The van der Waals surface area contributed by atoms with Gasteiger partial charge in [-0.2, -0.15) is 0 Å². The second-order valence-corrected chi connectivity index (χ2v) is 8.13. The molecule has 1 aliphatic heterocycles. The third-order valence-electron chi connectivity index (χ3n) is 5.52. The van der Waals surface area contributed by atoms with Crippen LogP contribution in [0.4, 0.5) is 5.69 Å². The highest BCUT2D eigenvalue weighted by atomic mass is 32.1. The zero-order valence-corrected chi connectivity index (χ0v) is 18.7. The predicted molar refractivity (Wildman–Crippen MR) is 127 cm³/mol. The second kappa shape index (κ2) is 7.96. The van der Waals surface area contributed by atoms with Crippen molar-refractivity contribution in [3.05, 3.63) is 88.2 Å². The Kier molecular flexibility index (Phi) is 5.33. The van der Waals surface area contributed by atoms with Gasteiger partial charge >= 0.3 is 0 Å². The molecule has 0 spiro atoms. The third-order valence-corrected chi connectivity index (χ3v) is 5.80. The molecule has 0 aliphatic carbocycles. The van der Waals surface area contributed by atoms with Crippen LogP contribution < -0.4 is 10.2 Å². The summed E-state index contributed by atoms with van der Waals surface area (Å²) in [4.78, 5) is 27.4. The summed E-state index contributed by atoms with van der Waals surface area (Å²) in [7, 11) is 0. The quantitative estimate of drug-likeness (QED) is 0.378. The van der Waals surface area contributed by atoms with Crippen LogP contribution in [0.2, 0.25) is 0 Å². The van der Waals surface area contributed by atoms with Gasteiger partial charge in [-0.05, 0) is 81.4 Å². The fourth-order valence-electron chi connectivity index (χ4n) is 3.87. The lowest BCUT2D eigenvalue weighted by Gasteiger charge is -2.30. The monoisotopic (exact) mass is 429 g/mol. The Morgan fingerprint density at radius 2 is 1.61 bits per heavy atom. The maximum absolute atomic E-state index is 13.3. The molecule has 1 fully saturated rings. The van der Waals surface area contributed by atoms with Crippen LogP contribution in [0.25, 0.3) is 11.8 Å². The SMILES string of the molecule is Cc1ccc(-n2c(C)cc(/C=C3\C(=O)NC(=S)N(c4ccccc4C)C3=O)c2C)cc1. The number of hydrogen-bond acceptors (Lipinski definition) is 3. The molecule has 0 bridgehead atoms. The highest BCUT2D eigenvalue weighted by molar-refractivity contribution is 7.80. The van der Waals surface area contributed by atoms with Crippen molar-refractivity contribution in [2.45, 2.75) is 27.7 Å². The number of thiocarbonyl (C=S) groups is 1. The van der Waals surface area contributed by atoms with Gasteiger partial charge in [-0.1, -0.05) is 35.9 Å². The van der Waals surface area contributed by atoms with Gasteiger partial charge in [0.2, 0.25) is 0 Å². The molecule has 156 valence electrons. The molecule has 1 N–H and O–H groups in total. The molecule has 2 amide bonds. The van der Waals surface area contributed by atoms with Crippen LogP contribution in [-0.4, -0.2) is 21.5 Å². The third kappa shape index (κ3) is 3.70. The lowest BCUT2D eigenvalue weighted by atomic mass is 10.1. The number of nitrogens with one attached hydrogen (secondary N) is 1. The number of aromatic nitrogens is 1. The van der Waals surface area contributed by atoms with Crippen LogP contribution in [0.15, 0.2) is 60.2 Å². The van der Waals surface area contributed by atoms with Gasteiger partial charge in [0.1, 0.15) is 5.57 Å². The van der Waals surface area contributed by atoms with Crippen molar-refractivity contribution in [3.63, 3.8) is 0 Å². The van der Waals surface area contributed by atoms with E-state index in [2.05, 4.69) is 34.1 Å². The molecule has 6 heteroatoms. The van der Waals surface area contributed by atoms with E-state index in [4.69, 9.17) is 12.2 Å². The summed E-state index contributed by atoms with van der Waals surface area (Å²) in [5.74, 6) is -0.914. The van der Waals surface area contributed by atoms with E-state index in [0.717, 1.165) is 28.2 Å². The highest BCUT2D eigenvalue weighted by Crippen LogP contribution is 2.27. The van der Waals surface area contributed by atoms with Crippen LogP contribution >= 0.6 is 12.2 Å². The zero-order chi connectivity index (χ0) is 22.3. The molecule has 1 aromatic heterocycles. The summed E-state index contributed by atoms with van der Waals surface area (Å²) in [6, 6.07) is 17.7. The van der Waals surface area contributed by atoms with Crippen molar-refractivity contribution in [3.8, 4) is 5.69 Å². The minimum absolute atomic E-state index is 0.0565. The van der Waals surface area contributed by atoms with Crippen LogP contribution in [0.5, 0.6) is 0 Å². The molecule has 2 aromatic carbocycles. The molecule has 0 saturated carbocycles. The summed E-state index contributed by atoms with van der Waals surface area (Å²) in [6.07, 6.45) is 1.65. The lowest BCUT2D eigenvalue weighted by molar-refractivity contribution is -0.122. The molecule has 1 saturated heterocycles. The maximum Gasteiger partial charge on any atom is 0.270 e. The van der Waals surface area contributed by atoms with Gasteiger partial charge in [-0.15, -0.1) is 0 Å². The van der Waals surface area contributed by atoms with E-state index in [1.165, 1.54) is 10.5 Å². The average molecular weight is 430 g/mol. The number of aryl methyl sites for hydroxylation is 3. The topological polar surface area (TPSA) is 54.3 Å². The van der Waals surface area contributed by atoms with Gasteiger partial charge in [0, 0.05) is 17.1 Å². The normalized spacial score (nSPS) is 15.5. The second-order valence-electron chi connectivity index (χ2n) is 7.74. The number of amides is 2. The number of carbonyl (C=O) groups is 2. The number of rotatable bonds is 3. The number of nitrogens with zero attached hydrogens (tertiary/aromatic N) is 2. The van der Waals surface area contributed by atoms with E-state index in [-0.39, 0.29) is 10.7 Å². The standard InChI is InChI=1S/C25H23N3O2S/c1-15-9-11-20(12-10-15)27-17(3)13-19(18(27)4)14-21-23(29)26-25(31)28(24(21)30)22-8-6-5-7-16(22)2/h5-14H,1-4H3,(H,26,29,31)/b21-14+. The van der Waals surface area contributed by atoms with E-state index in [1.807, 2.05) is 58.0 Å². The number of para-hydroxylation sites is 1. The molecule has 1 aliphatic rings. The molecule has 5 nitrogen and oxygen atoms in total. The van der Waals surface area contributed by atoms with Crippen molar-refractivity contribution in [2.24, 2.45) is 0 Å². The number of anilines is 1. The van der Waals surface area contributed by atoms with E-state index < -0.39 is 11.8 Å². The van der Waals surface area contributed by atoms with Gasteiger partial charge in [0.05, 0.1) is 5.69 Å². The Balaban J connectivity index is 1.77. The number of carbonyl (C=O) groups excluding carboxylic acids is 2. The minimum atomic E-state index is -0.486. The zero-order valence-electron chi connectivity index (χ0n) is 17.9. The van der Waals surface area contributed by atoms with Crippen molar-refractivity contribution in [1.29, 1.82) is 0 Å². The van der Waals surface area contributed by atoms with Crippen molar-refractivity contribution in [2.75, 3.05) is 4.90 Å².